The number of carbonyl (C=O) groups is 1. The Morgan fingerprint density at radius 3 is 2.65 bits per heavy atom. The van der Waals surface area contributed by atoms with Crippen molar-refractivity contribution in [2.45, 2.75) is 36.0 Å². The van der Waals surface area contributed by atoms with Gasteiger partial charge in [-0.3, -0.25) is 4.79 Å². The lowest BCUT2D eigenvalue weighted by atomic mass is 10.1. The van der Waals surface area contributed by atoms with Crippen molar-refractivity contribution in [3.05, 3.63) is 46.7 Å². The molecule has 1 N–H and O–H groups in total. The number of anilines is 1. The van der Waals surface area contributed by atoms with Gasteiger partial charge in [-0.2, -0.15) is 0 Å². The number of amides is 1. The lowest BCUT2D eigenvalue weighted by Gasteiger charge is -2.32. The zero-order valence-corrected chi connectivity index (χ0v) is 16.7. The molecule has 0 bridgehead atoms. The smallest absolute Gasteiger partial charge is 0.233 e. The molecule has 0 radical (unpaired) electrons. The molecule has 138 valence electrons. The average Bonchev–Trinajstić information content (AvgIpc) is 2.66. The van der Waals surface area contributed by atoms with Gasteiger partial charge in [0.15, 0.2) is 0 Å². The van der Waals surface area contributed by atoms with Crippen molar-refractivity contribution in [3.8, 4) is 0 Å². The Morgan fingerprint density at radius 1 is 1.27 bits per heavy atom. The number of rotatable bonds is 5. The van der Waals surface area contributed by atoms with Crippen LogP contribution in [-0.2, 0) is 4.79 Å². The van der Waals surface area contributed by atoms with Crippen LogP contribution in [0.25, 0.3) is 0 Å². The molecule has 0 spiro atoms. The molecule has 2 heterocycles. The maximum absolute atomic E-state index is 12.5. The van der Waals surface area contributed by atoms with Crippen LogP contribution in [0, 0.1) is 0 Å². The first kappa shape index (κ1) is 19.3. The summed E-state index contributed by atoms with van der Waals surface area (Å²) in [6.07, 6.45) is 5.24. The lowest BCUT2D eigenvalue weighted by Crippen LogP contribution is -2.47. The maximum atomic E-state index is 12.5. The number of piperidine rings is 1. The number of nitrogens with zero attached hydrogens (tertiary/aromatic N) is 3. The summed E-state index contributed by atoms with van der Waals surface area (Å²) in [6.45, 7) is 3.54. The highest BCUT2D eigenvalue weighted by Crippen LogP contribution is 2.32. The fourth-order valence-electron chi connectivity index (χ4n) is 2.81. The van der Waals surface area contributed by atoms with Gasteiger partial charge in [-0.25, -0.2) is 9.97 Å². The van der Waals surface area contributed by atoms with E-state index < -0.39 is 0 Å². The normalized spacial score (nSPS) is 16.3. The number of hydrogen-bond acceptors (Lipinski definition) is 5. The van der Waals surface area contributed by atoms with Gasteiger partial charge in [0.05, 0.1) is 10.3 Å². The summed E-state index contributed by atoms with van der Waals surface area (Å²) >= 11 is 13.6. The summed E-state index contributed by atoms with van der Waals surface area (Å²) in [7, 11) is 0. The van der Waals surface area contributed by atoms with Gasteiger partial charge in [0.1, 0.15) is 0 Å². The van der Waals surface area contributed by atoms with E-state index in [0.717, 1.165) is 36.8 Å². The summed E-state index contributed by atoms with van der Waals surface area (Å²) in [5.74, 6) is 0.761. The average molecular weight is 411 g/mol. The first-order valence-electron chi connectivity index (χ1n) is 8.47. The van der Waals surface area contributed by atoms with E-state index in [1.165, 1.54) is 11.8 Å². The Labute approximate surface area is 167 Å². The van der Waals surface area contributed by atoms with E-state index in [1.54, 1.807) is 30.6 Å². The third kappa shape index (κ3) is 5.02. The molecule has 1 aliphatic heterocycles. The third-order valence-corrected chi connectivity index (χ3v) is 6.08. The Hall–Kier alpha value is -1.50. The number of carbonyl (C=O) groups excluding carboxylic acids is 1. The van der Waals surface area contributed by atoms with Crippen molar-refractivity contribution in [1.82, 2.24) is 15.3 Å². The van der Waals surface area contributed by atoms with Crippen molar-refractivity contribution in [3.63, 3.8) is 0 Å². The maximum Gasteiger partial charge on any atom is 0.233 e. The van der Waals surface area contributed by atoms with E-state index in [4.69, 9.17) is 23.2 Å². The van der Waals surface area contributed by atoms with Gasteiger partial charge in [-0.1, -0.05) is 23.2 Å². The zero-order valence-electron chi connectivity index (χ0n) is 14.4. The molecule has 1 aromatic carbocycles. The number of nitrogens with one attached hydrogen (secondary N) is 1. The van der Waals surface area contributed by atoms with Crippen LogP contribution < -0.4 is 10.2 Å². The minimum atomic E-state index is -0.249. The Morgan fingerprint density at radius 2 is 1.96 bits per heavy atom. The molecular weight excluding hydrogens is 391 g/mol. The SMILES string of the molecule is C[C@@H](Sc1cc(Cl)ccc1Cl)C(=O)NC1CCN(c2ncccn2)CC1. The van der Waals surface area contributed by atoms with Gasteiger partial charge in [0.25, 0.3) is 0 Å². The zero-order chi connectivity index (χ0) is 18.5. The second-order valence-corrected chi connectivity index (χ2v) is 8.38. The number of thioether (sulfide) groups is 1. The molecule has 0 saturated carbocycles. The molecule has 1 aromatic heterocycles. The molecule has 1 saturated heterocycles. The van der Waals surface area contributed by atoms with E-state index in [0.29, 0.717) is 10.0 Å². The largest absolute Gasteiger partial charge is 0.352 e. The van der Waals surface area contributed by atoms with E-state index in [1.807, 2.05) is 13.0 Å². The fraction of sp³-hybridized carbons (Fsp3) is 0.389. The quantitative estimate of drug-likeness (QED) is 0.753. The van der Waals surface area contributed by atoms with Gasteiger partial charge < -0.3 is 10.2 Å². The predicted molar refractivity (Wildman–Crippen MR) is 107 cm³/mol. The second-order valence-electron chi connectivity index (χ2n) is 6.15. The molecule has 5 nitrogen and oxygen atoms in total. The Bertz CT molecular complexity index is 754. The van der Waals surface area contributed by atoms with Crippen LogP contribution in [0.5, 0.6) is 0 Å². The molecule has 0 unspecified atom stereocenters. The molecule has 1 fully saturated rings. The van der Waals surface area contributed by atoms with E-state index in [2.05, 4.69) is 20.2 Å². The van der Waals surface area contributed by atoms with Gasteiger partial charge in [0.2, 0.25) is 11.9 Å². The molecule has 1 atom stereocenters. The molecule has 1 amide bonds. The van der Waals surface area contributed by atoms with Crippen molar-refractivity contribution < 1.29 is 4.79 Å². The molecule has 8 heteroatoms. The van der Waals surface area contributed by atoms with Crippen LogP contribution in [0.4, 0.5) is 5.95 Å². The van der Waals surface area contributed by atoms with E-state index >= 15 is 0 Å². The summed E-state index contributed by atoms with van der Waals surface area (Å²) in [6, 6.07) is 7.25. The number of halogens is 2. The summed E-state index contributed by atoms with van der Waals surface area (Å²) in [5, 5.41) is 4.11. The third-order valence-electron chi connectivity index (χ3n) is 4.24. The van der Waals surface area contributed by atoms with Crippen LogP contribution in [-0.4, -0.2) is 40.3 Å². The molecular formula is C18H20Cl2N4OS. The van der Waals surface area contributed by atoms with Crippen molar-refractivity contribution >= 4 is 46.8 Å². The van der Waals surface area contributed by atoms with Crippen molar-refractivity contribution in [2.24, 2.45) is 0 Å². The minimum Gasteiger partial charge on any atom is -0.352 e. The summed E-state index contributed by atoms with van der Waals surface area (Å²) in [5.41, 5.74) is 0. The highest BCUT2D eigenvalue weighted by molar-refractivity contribution is 8.00. The minimum absolute atomic E-state index is 0.0143. The van der Waals surface area contributed by atoms with Crippen LogP contribution in [0.15, 0.2) is 41.6 Å². The topological polar surface area (TPSA) is 58.1 Å². The van der Waals surface area contributed by atoms with Crippen LogP contribution >= 0.6 is 35.0 Å². The highest BCUT2D eigenvalue weighted by atomic mass is 35.5. The first-order valence-corrected chi connectivity index (χ1v) is 10.1. The lowest BCUT2D eigenvalue weighted by molar-refractivity contribution is -0.121. The van der Waals surface area contributed by atoms with Crippen molar-refractivity contribution in [2.75, 3.05) is 18.0 Å². The molecule has 3 rings (SSSR count). The number of hydrogen-bond donors (Lipinski definition) is 1. The monoisotopic (exact) mass is 410 g/mol. The fourth-order valence-corrected chi connectivity index (χ4v) is 4.23. The van der Waals surface area contributed by atoms with Crippen LogP contribution in [0.1, 0.15) is 19.8 Å². The molecule has 2 aromatic rings. The number of aromatic nitrogens is 2. The Balaban J connectivity index is 1.50. The summed E-state index contributed by atoms with van der Waals surface area (Å²) in [4.78, 5) is 24.0. The first-order chi connectivity index (χ1) is 12.5. The van der Waals surface area contributed by atoms with Gasteiger partial charge in [0, 0.05) is 41.4 Å². The highest BCUT2D eigenvalue weighted by Gasteiger charge is 2.24. The standard InChI is InChI=1S/C18H20Cl2N4OS/c1-12(26-16-11-13(19)3-4-15(16)20)17(25)23-14-5-9-24(10-6-14)18-21-7-2-8-22-18/h2-4,7-8,11-12,14H,5-6,9-10H2,1H3,(H,23,25)/t12-/m1/s1. The predicted octanol–water partition coefficient (Wildman–Crippen LogP) is 4.05. The molecule has 1 aliphatic rings. The second kappa shape index (κ2) is 8.93. The van der Waals surface area contributed by atoms with Crippen LogP contribution in [0.2, 0.25) is 10.0 Å². The molecule has 26 heavy (non-hydrogen) atoms. The summed E-state index contributed by atoms with van der Waals surface area (Å²) < 4.78 is 0. The van der Waals surface area contributed by atoms with Gasteiger partial charge >= 0.3 is 0 Å². The van der Waals surface area contributed by atoms with E-state index in [-0.39, 0.29) is 17.2 Å². The van der Waals surface area contributed by atoms with Crippen LogP contribution in [0.3, 0.4) is 0 Å². The van der Waals surface area contributed by atoms with Gasteiger partial charge in [-0.15, -0.1) is 11.8 Å². The van der Waals surface area contributed by atoms with Crippen molar-refractivity contribution in [1.29, 1.82) is 0 Å². The van der Waals surface area contributed by atoms with Gasteiger partial charge in [-0.05, 0) is 44.0 Å². The molecule has 0 aliphatic carbocycles. The number of benzene rings is 1. The Kier molecular flexibility index (Phi) is 6.62. The van der Waals surface area contributed by atoms with E-state index in [9.17, 15) is 4.79 Å².